The number of nitrogens with one attached hydrogen (secondary N) is 1. The molecule has 2 rings (SSSR count). The van der Waals surface area contributed by atoms with Crippen LogP contribution in [0.3, 0.4) is 0 Å². The highest BCUT2D eigenvalue weighted by molar-refractivity contribution is 9.10. The highest BCUT2D eigenvalue weighted by Crippen LogP contribution is 2.41. The molecule has 2 unspecified atom stereocenters. The molecule has 1 fully saturated rings. The van der Waals surface area contributed by atoms with E-state index in [1.165, 1.54) is 6.07 Å². The molecule has 2 atom stereocenters. The SMILES string of the molecule is Fc1cc(Cl)c(NC2CCCCC2C(F)(F)F)c(Br)c1. The molecule has 0 saturated heterocycles. The Kier molecular flexibility index (Phi) is 4.84. The van der Waals surface area contributed by atoms with Crippen molar-refractivity contribution in [1.29, 1.82) is 0 Å². The molecule has 0 radical (unpaired) electrons. The predicted octanol–water partition coefficient (Wildman–Crippen LogP) is 5.77. The van der Waals surface area contributed by atoms with Crippen LogP contribution in [0, 0.1) is 11.7 Å². The lowest BCUT2D eigenvalue weighted by Crippen LogP contribution is -2.41. The van der Waals surface area contributed by atoms with E-state index in [2.05, 4.69) is 21.2 Å². The summed E-state index contributed by atoms with van der Waals surface area (Å²) in [6.07, 6.45) is -2.40. The Bertz CT molecular complexity index is 469. The predicted molar refractivity (Wildman–Crippen MR) is 74.5 cm³/mol. The summed E-state index contributed by atoms with van der Waals surface area (Å²) in [7, 11) is 0. The van der Waals surface area contributed by atoms with E-state index >= 15 is 0 Å². The fourth-order valence-corrected chi connectivity index (χ4v) is 3.48. The maximum absolute atomic E-state index is 13.1. The lowest BCUT2D eigenvalue weighted by molar-refractivity contribution is -0.184. The van der Waals surface area contributed by atoms with E-state index in [0.29, 0.717) is 23.0 Å². The van der Waals surface area contributed by atoms with E-state index in [4.69, 9.17) is 11.6 Å². The minimum Gasteiger partial charge on any atom is -0.380 e. The van der Waals surface area contributed by atoms with Gasteiger partial charge in [-0.05, 0) is 40.9 Å². The van der Waals surface area contributed by atoms with Crippen molar-refractivity contribution in [3.05, 3.63) is 27.4 Å². The van der Waals surface area contributed by atoms with Gasteiger partial charge in [-0.1, -0.05) is 24.4 Å². The topological polar surface area (TPSA) is 12.0 Å². The maximum Gasteiger partial charge on any atom is 0.393 e. The van der Waals surface area contributed by atoms with Crippen molar-refractivity contribution in [2.24, 2.45) is 5.92 Å². The quantitative estimate of drug-likeness (QED) is 0.648. The second-order valence-electron chi connectivity index (χ2n) is 4.93. The van der Waals surface area contributed by atoms with Gasteiger partial charge in [-0.15, -0.1) is 0 Å². The first-order valence-electron chi connectivity index (χ1n) is 6.27. The van der Waals surface area contributed by atoms with Gasteiger partial charge in [0.2, 0.25) is 0 Å². The normalized spacial score (nSPS) is 23.7. The molecule has 1 aromatic carbocycles. The zero-order valence-corrected chi connectivity index (χ0v) is 12.7. The van der Waals surface area contributed by atoms with Crippen molar-refractivity contribution >= 4 is 33.2 Å². The first kappa shape index (κ1) is 15.9. The van der Waals surface area contributed by atoms with E-state index in [0.717, 1.165) is 12.5 Å². The van der Waals surface area contributed by atoms with Crippen molar-refractivity contribution in [3.63, 3.8) is 0 Å². The van der Waals surface area contributed by atoms with Crippen molar-refractivity contribution in [2.75, 3.05) is 5.32 Å². The third kappa shape index (κ3) is 3.58. The molecule has 0 aliphatic heterocycles. The molecule has 0 amide bonds. The van der Waals surface area contributed by atoms with Gasteiger partial charge in [-0.3, -0.25) is 0 Å². The zero-order chi connectivity index (χ0) is 14.9. The van der Waals surface area contributed by atoms with Crippen molar-refractivity contribution in [3.8, 4) is 0 Å². The van der Waals surface area contributed by atoms with Gasteiger partial charge in [0.15, 0.2) is 0 Å². The largest absolute Gasteiger partial charge is 0.393 e. The van der Waals surface area contributed by atoms with E-state index in [1.54, 1.807) is 0 Å². The Hall–Kier alpha value is -0.490. The maximum atomic E-state index is 13.1. The first-order chi connectivity index (χ1) is 9.29. The van der Waals surface area contributed by atoms with Crippen LogP contribution in [0.1, 0.15) is 25.7 Å². The summed E-state index contributed by atoms with van der Waals surface area (Å²) < 4.78 is 52.5. The van der Waals surface area contributed by atoms with Gasteiger partial charge in [0.1, 0.15) is 5.82 Å². The summed E-state index contributed by atoms with van der Waals surface area (Å²) in [4.78, 5) is 0. The summed E-state index contributed by atoms with van der Waals surface area (Å²) in [6.45, 7) is 0. The number of alkyl halides is 3. The minimum atomic E-state index is -4.24. The molecule has 1 aliphatic rings. The number of halogens is 6. The summed E-state index contributed by atoms with van der Waals surface area (Å²) in [5.74, 6) is -1.94. The van der Waals surface area contributed by atoms with Gasteiger partial charge < -0.3 is 5.32 Å². The van der Waals surface area contributed by atoms with Crippen LogP contribution in [0.2, 0.25) is 5.02 Å². The third-order valence-corrected chi connectivity index (χ3v) is 4.45. The molecule has 1 nitrogen and oxygen atoms in total. The van der Waals surface area contributed by atoms with Crippen LogP contribution in [-0.4, -0.2) is 12.2 Å². The lowest BCUT2D eigenvalue weighted by atomic mass is 9.84. The molecule has 1 aromatic rings. The number of hydrogen-bond acceptors (Lipinski definition) is 1. The Balaban J connectivity index is 2.23. The second-order valence-corrected chi connectivity index (χ2v) is 6.19. The van der Waals surface area contributed by atoms with E-state index in [-0.39, 0.29) is 11.4 Å². The van der Waals surface area contributed by atoms with Gasteiger partial charge in [-0.25, -0.2) is 4.39 Å². The van der Waals surface area contributed by atoms with Gasteiger partial charge in [0, 0.05) is 10.5 Å². The van der Waals surface area contributed by atoms with E-state index < -0.39 is 24.0 Å². The van der Waals surface area contributed by atoms with Gasteiger partial charge in [0.25, 0.3) is 0 Å². The van der Waals surface area contributed by atoms with Crippen LogP contribution in [0.25, 0.3) is 0 Å². The van der Waals surface area contributed by atoms with E-state index in [1.807, 2.05) is 0 Å². The van der Waals surface area contributed by atoms with Crippen molar-refractivity contribution in [1.82, 2.24) is 0 Å². The Morgan fingerprint density at radius 2 is 1.85 bits per heavy atom. The van der Waals surface area contributed by atoms with Gasteiger partial charge in [-0.2, -0.15) is 13.2 Å². The standard InChI is InChI=1S/C13H13BrClF4N/c14-9-5-7(16)6-10(15)12(9)20-11-4-2-1-3-8(11)13(17,18)19/h5-6,8,11,20H,1-4H2. The number of benzene rings is 1. The van der Waals surface area contributed by atoms with Crippen molar-refractivity contribution in [2.45, 2.75) is 37.9 Å². The van der Waals surface area contributed by atoms with Crippen LogP contribution in [0.15, 0.2) is 16.6 Å². The lowest BCUT2D eigenvalue weighted by Gasteiger charge is -2.34. The molecule has 0 bridgehead atoms. The number of hydrogen-bond donors (Lipinski definition) is 1. The van der Waals surface area contributed by atoms with Gasteiger partial charge in [0.05, 0.1) is 16.6 Å². The molecule has 7 heteroatoms. The average Bonchev–Trinajstić information content (AvgIpc) is 2.33. The average molecular weight is 375 g/mol. The summed E-state index contributed by atoms with van der Waals surface area (Å²) >= 11 is 9.03. The molecule has 1 aliphatic carbocycles. The molecule has 0 aromatic heterocycles. The van der Waals surface area contributed by atoms with Crippen LogP contribution >= 0.6 is 27.5 Å². The van der Waals surface area contributed by atoms with E-state index in [9.17, 15) is 17.6 Å². The van der Waals surface area contributed by atoms with Crippen LogP contribution in [0.4, 0.5) is 23.2 Å². The first-order valence-corrected chi connectivity index (χ1v) is 7.44. The Morgan fingerprint density at radius 1 is 1.20 bits per heavy atom. The summed E-state index contributed by atoms with van der Waals surface area (Å²) in [5.41, 5.74) is 0.314. The second kappa shape index (κ2) is 6.10. The highest BCUT2D eigenvalue weighted by Gasteiger charge is 2.45. The van der Waals surface area contributed by atoms with Gasteiger partial charge >= 0.3 is 6.18 Å². The molecule has 0 spiro atoms. The smallest absolute Gasteiger partial charge is 0.380 e. The molecule has 1 saturated carbocycles. The molecule has 112 valence electrons. The number of rotatable bonds is 2. The zero-order valence-electron chi connectivity index (χ0n) is 10.4. The summed E-state index contributed by atoms with van der Waals surface area (Å²) in [5, 5.41) is 2.91. The van der Waals surface area contributed by atoms with Crippen molar-refractivity contribution < 1.29 is 17.6 Å². The van der Waals surface area contributed by atoms with Crippen LogP contribution in [-0.2, 0) is 0 Å². The summed E-state index contributed by atoms with van der Waals surface area (Å²) in [6, 6.07) is 1.53. The molecular weight excluding hydrogens is 361 g/mol. The fourth-order valence-electron chi connectivity index (χ4n) is 2.56. The van der Waals surface area contributed by atoms with Crippen LogP contribution < -0.4 is 5.32 Å². The molecular formula is C13H13BrClF4N. The minimum absolute atomic E-state index is 0.0726. The Morgan fingerprint density at radius 3 is 2.45 bits per heavy atom. The molecule has 20 heavy (non-hydrogen) atoms. The molecule has 0 heterocycles. The third-order valence-electron chi connectivity index (χ3n) is 3.52. The monoisotopic (exact) mass is 373 g/mol. The highest BCUT2D eigenvalue weighted by atomic mass is 79.9. The molecule has 1 N–H and O–H groups in total. The van der Waals surface area contributed by atoms with Crippen LogP contribution in [0.5, 0.6) is 0 Å². The Labute approximate surface area is 127 Å². The number of anilines is 1. The fraction of sp³-hybridized carbons (Fsp3) is 0.538.